The van der Waals surface area contributed by atoms with Crippen molar-refractivity contribution in [3.05, 3.63) is 72.9 Å². The Morgan fingerprint density at radius 1 is 0.750 bits per heavy atom. The van der Waals surface area contributed by atoms with Gasteiger partial charge in [0.15, 0.2) is 11.6 Å². The molecule has 4 rings (SSSR count). The van der Waals surface area contributed by atoms with E-state index in [2.05, 4.69) is 30.6 Å². The van der Waals surface area contributed by atoms with E-state index in [0.717, 1.165) is 22.5 Å². The average molecular weight is 603 g/mol. The average Bonchev–Trinajstić information content (AvgIpc) is 3.73. The van der Waals surface area contributed by atoms with Crippen LogP contribution < -0.4 is 22.1 Å². The van der Waals surface area contributed by atoms with E-state index in [-0.39, 0.29) is 36.2 Å². The van der Waals surface area contributed by atoms with Crippen molar-refractivity contribution >= 4 is 34.5 Å². The smallest absolute Gasteiger partial charge is 0.235 e. The van der Waals surface area contributed by atoms with Crippen molar-refractivity contribution in [3.8, 4) is 0 Å². The summed E-state index contributed by atoms with van der Waals surface area (Å²) in [4.78, 5) is 67.2. The van der Waals surface area contributed by atoms with E-state index in [9.17, 15) is 19.2 Å². The first-order valence-corrected chi connectivity index (χ1v) is 14.8. The molecule has 44 heavy (non-hydrogen) atoms. The van der Waals surface area contributed by atoms with Gasteiger partial charge in [-0.2, -0.15) is 0 Å². The lowest BCUT2D eigenvalue weighted by Gasteiger charge is -2.34. The fourth-order valence-corrected chi connectivity index (χ4v) is 5.75. The quantitative estimate of drug-likeness (QED) is 0.131. The van der Waals surface area contributed by atoms with E-state index in [1.807, 2.05) is 39.8 Å². The highest BCUT2D eigenvalue weighted by Crippen LogP contribution is 2.37. The Labute approximate surface area is 256 Å². The maximum Gasteiger partial charge on any atom is 0.235 e. The summed E-state index contributed by atoms with van der Waals surface area (Å²) < 4.78 is 0. The third-order valence-corrected chi connectivity index (χ3v) is 8.51. The van der Waals surface area contributed by atoms with E-state index in [1.54, 1.807) is 49.4 Å². The molecule has 2 aromatic rings. The Morgan fingerprint density at radius 2 is 1.14 bits per heavy atom. The maximum absolute atomic E-state index is 13.9. The first-order valence-electron chi connectivity index (χ1n) is 14.8. The molecule has 0 aliphatic heterocycles. The number of H-pyrrole nitrogens is 2. The molecule has 0 saturated carbocycles. The number of nitrogens with two attached hydrogens (primary N) is 2. The second kappa shape index (κ2) is 13.5. The van der Waals surface area contributed by atoms with Gasteiger partial charge in [0.1, 0.15) is 10.8 Å². The fraction of sp³-hybridized carbons (Fsp3) is 0.438. The molecule has 0 spiro atoms. The van der Waals surface area contributed by atoms with Crippen molar-refractivity contribution in [1.82, 2.24) is 30.6 Å². The van der Waals surface area contributed by atoms with Gasteiger partial charge in [0.05, 0.1) is 48.5 Å². The molecule has 2 aliphatic carbocycles. The van der Waals surface area contributed by atoms with E-state index in [0.29, 0.717) is 13.1 Å². The van der Waals surface area contributed by atoms with Crippen LogP contribution >= 0.6 is 0 Å². The minimum absolute atomic E-state index is 0.137. The standard InChI is InChI=1S/C32H42N8O4/c1-19(2)25(27(41)31(29(33)43)9-5-21(6-10-31)23-15-35-17-39-23)37-13-14-38-26(20(3)4)28(42)32(30(34)44)11-7-22(8-12-32)24-16-36-18-40-24/h5-9,11,15-20,25-26,37-38H,10,12-14H2,1-4H3,(H2,33,43)(H2,34,44)(H,35,39)(H,36,40). The third-order valence-electron chi connectivity index (χ3n) is 8.51. The van der Waals surface area contributed by atoms with Crippen LogP contribution in [0.4, 0.5) is 0 Å². The van der Waals surface area contributed by atoms with Crippen molar-refractivity contribution in [1.29, 1.82) is 0 Å². The van der Waals surface area contributed by atoms with Gasteiger partial charge in [-0.15, -0.1) is 0 Å². The molecule has 0 radical (unpaired) electrons. The zero-order valence-electron chi connectivity index (χ0n) is 25.6. The zero-order chi connectivity index (χ0) is 32.1. The molecule has 2 amide bonds. The number of imidazole rings is 2. The van der Waals surface area contributed by atoms with Crippen LogP contribution in [0.3, 0.4) is 0 Å². The molecule has 0 saturated heterocycles. The number of nitrogens with zero attached hydrogens (tertiary/aromatic N) is 2. The SMILES string of the molecule is CC(C)C(NCCNC(C(=O)C1(C(N)=O)C=CC(c2cnc[nH]2)=CC1)C(C)C)C(=O)C1(C(N)=O)C=CC(c2cnc[nH]2)=CC1. The molecule has 12 heteroatoms. The van der Waals surface area contributed by atoms with Gasteiger partial charge in [0.2, 0.25) is 11.8 Å². The summed E-state index contributed by atoms with van der Waals surface area (Å²) in [6.45, 7) is 8.23. The highest BCUT2D eigenvalue weighted by Gasteiger charge is 2.47. The topological polar surface area (TPSA) is 202 Å². The summed E-state index contributed by atoms with van der Waals surface area (Å²) in [6.07, 6.45) is 17.0. The number of rotatable bonds is 15. The van der Waals surface area contributed by atoms with Gasteiger partial charge in [-0.1, -0.05) is 64.2 Å². The van der Waals surface area contributed by atoms with E-state index in [1.165, 1.54) is 0 Å². The maximum atomic E-state index is 13.9. The summed E-state index contributed by atoms with van der Waals surface area (Å²) >= 11 is 0. The number of carbonyl (C=O) groups excluding carboxylic acids is 4. The summed E-state index contributed by atoms with van der Waals surface area (Å²) in [5, 5.41) is 6.55. The molecule has 0 aromatic carbocycles. The van der Waals surface area contributed by atoms with Gasteiger partial charge in [0.25, 0.3) is 0 Å². The van der Waals surface area contributed by atoms with Crippen LogP contribution in [0, 0.1) is 22.7 Å². The minimum Gasteiger partial charge on any atom is -0.369 e. The van der Waals surface area contributed by atoms with Gasteiger partial charge in [-0.05, 0) is 35.8 Å². The van der Waals surface area contributed by atoms with Crippen molar-refractivity contribution in [3.63, 3.8) is 0 Å². The largest absolute Gasteiger partial charge is 0.369 e. The zero-order valence-corrected chi connectivity index (χ0v) is 25.6. The second-order valence-corrected chi connectivity index (χ2v) is 12.1. The Balaban J connectivity index is 1.42. The number of hydrogen-bond donors (Lipinski definition) is 6. The van der Waals surface area contributed by atoms with Crippen molar-refractivity contribution < 1.29 is 19.2 Å². The van der Waals surface area contributed by atoms with Crippen LogP contribution in [0.15, 0.2) is 61.5 Å². The summed E-state index contributed by atoms with van der Waals surface area (Å²) in [7, 11) is 0. The molecule has 2 aromatic heterocycles. The van der Waals surface area contributed by atoms with E-state index >= 15 is 0 Å². The molecule has 0 bridgehead atoms. The van der Waals surface area contributed by atoms with Crippen LogP contribution in [-0.4, -0.2) is 68.5 Å². The number of hydrogen-bond acceptors (Lipinski definition) is 8. The molecule has 2 aliphatic rings. The van der Waals surface area contributed by atoms with Crippen molar-refractivity contribution in [2.24, 2.45) is 34.1 Å². The van der Waals surface area contributed by atoms with Crippen LogP contribution in [0.5, 0.6) is 0 Å². The number of Topliss-reactive ketones (excluding diaryl/α,β-unsaturated/α-hetero) is 2. The number of allylic oxidation sites excluding steroid dienone is 6. The molecule has 4 unspecified atom stereocenters. The number of aromatic amines is 2. The lowest BCUT2D eigenvalue weighted by molar-refractivity contribution is -0.140. The molecular weight excluding hydrogens is 560 g/mol. The predicted molar refractivity (Wildman–Crippen MR) is 167 cm³/mol. The Hall–Kier alpha value is -4.42. The van der Waals surface area contributed by atoms with Crippen LogP contribution in [0.2, 0.25) is 0 Å². The number of carbonyl (C=O) groups is 4. The minimum atomic E-state index is -1.49. The summed E-state index contributed by atoms with van der Waals surface area (Å²) in [6, 6.07) is -1.35. The molecule has 12 nitrogen and oxygen atoms in total. The lowest BCUT2D eigenvalue weighted by Crippen LogP contribution is -2.56. The van der Waals surface area contributed by atoms with Gasteiger partial charge >= 0.3 is 0 Å². The van der Waals surface area contributed by atoms with Gasteiger partial charge in [-0.3, -0.25) is 19.2 Å². The Kier molecular flexibility index (Phi) is 9.95. The van der Waals surface area contributed by atoms with Crippen LogP contribution in [0.25, 0.3) is 11.1 Å². The Morgan fingerprint density at radius 3 is 1.39 bits per heavy atom. The number of aromatic nitrogens is 4. The van der Waals surface area contributed by atoms with Gasteiger partial charge in [0, 0.05) is 13.1 Å². The normalized spacial score (nSPS) is 22.9. The monoisotopic (exact) mass is 602 g/mol. The molecular formula is C32H42N8O4. The fourth-order valence-electron chi connectivity index (χ4n) is 5.75. The number of amides is 2. The number of primary amides is 2. The number of nitrogens with one attached hydrogen (secondary N) is 4. The Bertz CT molecular complexity index is 1370. The van der Waals surface area contributed by atoms with Crippen molar-refractivity contribution in [2.45, 2.75) is 52.6 Å². The highest BCUT2D eigenvalue weighted by atomic mass is 16.2. The molecule has 8 N–H and O–H groups in total. The van der Waals surface area contributed by atoms with Crippen LogP contribution in [-0.2, 0) is 19.2 Å². The first kappa shape index (κ1) is 32.5. The lowest BCUT2D eigenvalue weighted by atomic mass is 9.71. The molecule has 0 fully saturated rings. The second-order valence-electron chi connectivity index (χ2n) is 12.1. The van der Waals surface area contributed by atoms with Crippen LogP contribution in [0.1, 0.15) is 51.9 Å². The van der Waals surface area contributed by atoms with Gasteiger partial charge < -0.3 is 32.1 Å². The van der Waals surface area contributed by atoms with Crippen molar-refractivity contribution in [2.75, 3.05) is 13.1 Å². The van der Waals surface area contributed by atoms with E-state index < -0.39 is 34.7 Å². The van der Waals surface area contributed by atoms with Gasteiger partial charge in [-0.25, -0.2) is 9.97 Å². The predicted octanol–water partition coefficient (Wildman–Crippen LogP) is 1.83. The first-order chi connectivity index (χ1) is 20.9. The van der Waals surface area contributed by atoms with E-state index in [4.69, 9.17) is 11.5 Å². The highest BCUT2D eigenvalue weighted by molar-refractivity contribution is 6.11. The third kappa shape index (κ3) is 6.41. The molecule has 4 atom stereocenters. The summed E-state index contributed by atoms with van der Waals surface area (Å²) in [5.41, 5.74) is 11.9. The molecule has 2 heterocycles. The number of ketones is 2. The summed E-state index contributed by atoms with van der Waals surface area (Å²) in [5.74, 6) is -2.34. The molecule has 234 valence electrons.